The average Bonchev–Trinajstić information content (AvgIpc) is 3.36. The Morgan fingerprint density at radius 1 is 1.00 bits per heavy atom. The van der Waals surface area contributed by atoms with E-state index in [1.54, 1.807) is 18.2 Å². The second-order valence-corrected chi connectivity index (χ2v) is 9.45. The van der Waals surface area contributed by atoms with Crippen LogP contribution in [0, 0.1) is 11.7 Å². The lowest BCUT2D eigenvalue weighted by molar-refractivity contribution is -0.137. The molecule has 5 nitrogen and oxygen atoms in total. The molecule has 1 heterocycles. The summed E-state index contributed by atoms with van der Waals surface area (Å²) in [5.41, 5.74) is 3.44. The van der Waals surface area contributed by atoms with Crippen molar-refractivity contribution in [2.75, 3.05) is 24.3 Å². The molecule has 1 aromatic heterocycles. The van der Waals surface area contributed by atoms with Crippen LogP contribution in [0.15, 0.2) is 60.0 Å². The molecule has 34 heavy (non-hydrogen) atoms. The van der Waals surface area contributed by atoms with E-state index in [9.17, 15) is 14.0 Å². The Morgan fingerprint density at radius 2 is 1.71 bits per heavy atom. The highest BCUT2D eigenvalue weighted by atomic mass is 32.1. The van der Waals surface area contributed by atoms with Crippen molar-refractivity contribution in [2.45, 2.75) is 39.8 Å². The SMILES string of the molecule is CCC(CC)C(=O)N(Cc1ccc(F)cc1)Cc1cc(NC(=O)c2cccs2)ccc1N(C)C. The molecule has 0 radical (unpaired) electrons. The fourth-order valence-electron chi connectivity index (χ4n) is 3.95. The van der Waals surface area contributed by atoms with Crippen LogP contribution in [0.1, 0.15) is 47.5 Å². The van der Waals surface area contributed by atoms with Crippen molar-refractivity contribution in [1.82, 2.24) is 4.90 Å². The number of nitrogens with zero attached hydrogens (tertiary/aromatic N) is 2. The molecule has 0 saturated carbocycles. The summed E-state index contributed by atoms with van der Waals surface area (Å²) in [6.45, 7) is 4.80. The highest BCUT2D eigenvalue weighted by Crippen LogP contribution is 2.27. The predicted molar refractivity (Wildman–Crippen MR) is 138 cm³/mol. The van der Waals surface area contributed by atoms with Crippen molar-refractivity contribution >= 4 is 34.5 Å². The van der Waals surface area contributed by atoms with E-state index >= 15 is 0 Å². The molecule has 3 rings (SSSR count). The molecular weight excluding hydrogens is 449 g/mol. The maximum Gasteiger partial charge on any atom is 0.265 e. The number of amides is 2. The Labute approximate surface area is 205 Å². The van der Waals surface area contributed by atoms with Gasteiger partial charge in [-0.15, -0.1) is 11.3 Å². The van der Waals surface area contributed by atoms with Crippen LogP contribution in [0.2, 0.25) is 0 Å². The van der Waals surface area contributed by atoms with Gasteiger partial charge in [0.15, 0.2) is 0 Å². The standard InChI is InChI=1S/C27H32FN3O2S/c1-5-20(6-2)27(33)31(17-19-9-11-22(28)12-10-19)18-21-16-23(13-14-24(21)30(3)4)29-26(32)25-8-7-15-34-25/h7-16,20H,5-6,17-18H2,1-4H3,(H,29,32). The normalized spacial score (nSPS) is 10.9. The van der Waals surface area contributed by atoms with E-state index in [1.807, 2.05) is 67.4 Å². The van der Waals surface area contributed by atoms with Gasteiger partial charge in [-0.05, 0) is 65.7 Å². The molecule has 0 unspecified atom stereocenters. The molecule has 180 valence electrons. The number of thiophene rings is 1. The summed E-state index contributed by atoms with van der Waals surface area (Å²) >= 11 is 1.39. The summed E-state index contributed by atoms with van der Waals surface area (Å²) < 4.78 is 13.4. The van der Waals surface area contributed by atoms with Gasteiger partial charge in [-0.2, -0.15) is 0 Å². The van der Waals surface area contributed by atoms with Crippen LogP contribution in [0.3, 0.4) is 0 Å². The first-order valence-electron chi connectivity index (χ1n) is 11.5. The summed E-state index contributed by atoms with van der Waals surface area (Å²) in [5, 5.41) is 4.83. The van der Waals surface area contributed by atoms with Crippen LogP contribution in [0.5, 0.6) is 0 Å². The van der Waals surface area contributed by atoms with Crippen LogP contribution >= 0.6 is 11.3 Å². The van der Waals surface area contributed by atoms with Crippen molar-refractivity contribution in [2.24, 2.45) is 5.92 Å². The Hall–Kier alpha value is -3.19. The number of anilines is 2. The minimum atomic E-state index is -0.300. The monoisotopic (exact) mass is 481 g/mol. The second-order valence-electron chi connectivity index (χ2n) is 8.50. The summed E-state index contributed by atoms with van der Waals surface area (Å²) in [4.78, 5) is 30.5. The highest BCUT2D eigenvalue weighted by Gasteiger charge is 2.23. The number of hydrogen-bond acceptors (Lipinski definition) is 4. The zero-order valence-electron chi connectivity index (χ0n) is 20.2. The first kappa shape index (κ1) is 25.4. The fraction of sp³-hybridized carbons (Fsp3) is 0.333. The van der Waals surface area contributed by atoms with E-state index in [2.05, 4.69) is 5.32 Å². The number of nitrogens with one attached hydrogen (secondary N) is 1. The minimum Gasteiger partial charge on any atom is -0.377 e. The molecule has 0 spiro atoms. The summed E-state index contributed by atoms with van der Waals surface area (Å²) in [5.74, 6) is -0.461. The second kappa shape index (κ2) is 11.8. The Balaban J connectivity index is 1.92. The third kappa shape index (κ3) is 6.44. The molecule has 3 aromatic rings. The molecular formula is C27H32FN3O2S. The van der Waals surface area contributed by atoms with Crippen LogP contribution in [-0.2, 0) is 17.9 Å². The van der Waals surface area contributed by atoms with Crippen LogP contribution in [0.4, 0.5) is 15.8 Å². The molecule has 1 N–H and O–H groups in total. The number of benzene rings is 2. The van der Waals surface area contributed by atoms with Crippen LogP contribution in [-0.4, -0.2) is 30.8 Å². The minimum absolute atomic E-state index is 0.0760. The van der Waals surface area contributed by atoms with Gasteiger partial charge in [0.05, 0.1) is 4.88 Å². The van der Waals surface area contributed by atoms with E-state index in [4.69, 9.17) is 0 Å². The third-order valence-corrected chi connectivity index (χ3v) is 6.73. The molecule has 0 aliphatic heterocycles. The summed E-state index contributed by atoms with van der Waals surface area (Å²) in [6, 6.07) is 15.7. The van der Waals surface area contributed by atoms with Crippen molar-refractivity contribution in [3.63, 3.8) is 0 Å². The summed E-state index contributed by atoms with van der Waals surface area (Å²) in [7, 11) is 3.91. The van der Waals surface area contributed by atoms with Gasteiger partial charge in [0.1, 0.15) is 5.82 Å². The molecule has 0 bridgehead atoms. The van der Waals surface area contributed by atoms with Gasteiger partial charge in [-0.25, -0.2) is 4.39 Å². The van der Waals surface area contributed by atoms with Gasteiger partial charge < -0.3 is 15.1 Å². The Kier molecular flexibility index (Phi) is 8.82. The van der Waals surface area contributed by atoms with Gasteiger partial charge in [0.25, 0.3) is 5.91 Å². The van der Waals surface area contributed by atoms with Gasteiger partial charge in [0.2, 0.25) is 5.91 Å². The zero-order chi connectivity index (χ0) is 24.7. The highest BCUT2D eigenvalue weighted by molar-refractivity contribution is 7.12. The van der Waals surface area contributed by atoms with Crippen molar-refractivity contribution in [3.05, 3.63) is 81.8 Å². The van der Waals surface area contributed by atoms with Crippen molar-refractivity contribution in [3.8, 4) is 0 Å². The maximum atomic E-state index is 13.5. The van der Waals surface area contributed by atoms with Crippen molar-refractivity contribution < 1.29 is 14.0 Å². The lowest BCUT2D eigenvalue weighted by atomic mass is 10.0. The lowest BCUT2D eigenvalue weighted by Gasteiger charge is -2.29. The number of halogens is 1. The van der Waals surface area contributed by atoms with Crippen LogP contribution in [0.25, 0.3) is 0 Å². The van der Waals surface area contributed by atoms with E-state index in [-0.39, 0.29) is 23.5 Å². The largest absolute Gasteiger partial charge is 0.377 e. The van der Waals surface area contributed by atoms with E-state index in [0.717, 1.165) is 29.7 Å². The number of carbonyl (C=O) groups is 2. The predicted octanol–water partition coefficient (Wildman–Crippen LogP) is 6.17. The maximum absolute atomic E-state index is 13.5. The molecule has 0 atom stereocenters. The van der Waals surface area contributed by atoms with Crippen molar-refractivity contribution in [1.29, 1.82) is 0 Å². The number of hydrogen-bond donors (Lipinski definition) is 1. The molecule has 2 amide bonds. The molecule has 0 saturated heterocycles. The van der Waals surface area contributed by atoms with Gasteiger partial charge >= 0.3 is 0 Å². The average molecular weight is 482 g/mol. The van der Waals surface area contributed by atoms with E-state index in [0.29, 0.717) is 23.7 Å². The fourth-order valence-corrected chi connectivity index (χ4v) is 4.57. The molecule has 2 aromatic carbocycles. The zero-order valence-corrected chi connectivity index (χ0v) is 21.0. The van der Waals surface area contributed by atoms with E-state index < -0.39 is 0 Å². The molecule has 7 heteroatoms. The molecule has 0 fully saturated rings. The summed E-state index contributed by atoms with van der Waals surface area (Å²) in [6.07, 6.45) is 1.51. The van der Waals surface area contributed by atoms with Gasteiger partial charge in [0, 0.05) is 44.5 Å². The van der Waals surface area contributed by atoms with Gasteiger partial charge in [-0.1, -0.05) is 32.0 Å². The Morgan fingerprint density at radius 3 is 2.29 bits per heavy atom. The lowest BCUT2D eigenvalue weighted by Crippen LogP contribution is -2.35. The number of rotatable bonds is 10. The quantitative estimate of drug-likeness (QED) is 0.377. The first-order valence-corrected chi connectivity index (χ1v) is 12.4. The van der Waals surface area contributed by atoms with Gasteiger partial charge in [-0.3, -0.25) is 9.59 Å². The third-order valence-electron chi connectivity index (χ3n) is 5.86. The number of carbonyl (C=O) groups excluding carboxylic acids is 2. The topological polar surface area (TPSA) is 52.7 Å². The molecule has 0 aliphatic rings. The molecule has 0 aliphatic carbocycles. The first-order chi connectivity index (χ1) is 16.3. The smallest absolute Gasteiger partial charge is 0.265 e. The Bertz CT molecular complexity index is 1090. The van der Waals surface area contributed by atoms with E-state index in [1.165, 1.54) is 23.5 Å². The van der Waals surface area contributed by atoms with Crippen LogP contribution < -0.4 is 10.2 Å².